The molecule has 0 aromatic carbocycles. The van der Waals surface area contributed by atoms with E-state index < -0.39 is 0 Å². The van der Waals surface area contributed by atoms with E-state index in [1.165, 1.54) is 25.6 Å². The first-order valence-corrected chi connectivity index (χ1v) is 6.93. The number of anilines is 2. The average molecular weight is 323 g/mol. The Bertz CT molecular complexity index is 967. The second kappa shape index (κ2) is 6.21. The summed E-state index contributed by atoms with van der Waals surface area (Å²) in [6, 6.07) is 5.03. The van der Waals surface area contributed by atoms with Crippen molar-refractivity contribution in [3.63, 3.8) is 0 Å². The number of pyridine rings is 1. The minimum atomic E-state index is -0.184. The fourth-order valence-electron chi connectivity index (χ4n) is 2.16. The van der Waals surface area contributed by atoms with Crippen LogP contribution in [0.3, 0.4) is 0 Å². The van der Waals surface area contributed by atoms with Gasteiger partial charge in [0, 0.05) is 17.8 Å². The molecule has 3 aromatic heterocycles. The summed E-state index contributed by atoms with van der Waals surface area (Å²) in [7, 11) is 1.48. The van der Waals surface area contributed by atoms with Crippen molar-refractivity contribution in [3.8, 4) is 23.2 Å². The van der Waals surface area contributed by atoms with Crippen molar-refractivity contribution in [2.24, 2.45) is 0 Å². The van der Waals surface area contributed by atoms with Gasteiger partial charge < -0.3 is 15.0 Å². The van der Waals surface area contributed by atoms with Crippen molar-refractivity contribution in [1.29, 1.82) is 5.26 Å². The van der Waals surface area contributed by atoms with Crippen molar-refractivity contribution >= 4 is 11.6 Å². The van der Waals surface area contributed by atoms with E-state index in [0.717, 1.165) is 0 Å². The number of methoxy groups -OCH3 is 1. The minimum absolute atomic E-state index is 0.184. The highest BCUT2D eigenvalue weighted by Gasteiger charge is 2.15. The molecule has 0 bridgehead atoms. The van der Waals surface area contributed by atoms with E-state index in [0.29, 0.717) is 34.5 Å². The zero-order valence-corrected chi connectivity index (χ0v) is 12.9. The van der Waals surface area contributed by atoms with Crippen molar-refractivity contribution in [1.82, 2.24) is 25.1 Å². The molecule has 0 spiro atoms. The number of aryl methyl sites for hydroxylation is 1. The molecule has 9 heteroatoms. The van der Waals surface area contributed by atoms with E-state index in [2.05, 4.69) is 30.5 Å². The molecule has 0 amide bonds. The Morgan fingerprint density at radius 1 is 1.25 bits per heavy atom. The maximum atomic E-state index is 12.2. The fraction of sp³-hybridized carbons (Fsp3) is 0.133. The molecule has 0 radical (unpaired) electrons. The summed E-state index contributed by atoms with van der Waals surface area (Å²) in [5.41, 5.74) is 1.59. The van der Waals surface area contributed by atoms with Gasteiger partial charge in [-0.25, -0.2) is 9.97 Å². The van der Waals surface area contributed by atoms with Crippen LogP contribution in [0.4, 0.5) is 11.6 Å². The van der Waals surface area contributed by atoms with E-state index in [4.69, 9.17) is 10.00 Å². The van der Waals surface area contributed by atoms with Crippen LogP contribution < -0.4 is 15.5 Å². The summed E-state index contributed by atoms with van der Waals surface area (Å²) in [6.07, 6.45) is 2.77. The van der Waals surface area contributed by atoms with Crippen molar-refractivity contribution in [3.05, 3.63) is 46.1 Å². The highest BCUT2D eigenvalue weighted by molar-refractivity contribution is 5.68. The van der Waals surface area contributed by atoms with Crippen LogP contribution in [0.5, 0.6) is 5.88 Å². The molecular weight excluding hydrogens is 310 g/mol. The van der Waals surface area contributed by atoms with Crippen LogP contribution in [0, 0.1) is 18.3 Å². The maximum absolute atomic E-state index is 12.2. The van der Waals surface area contributed by atoms with E-state index in [-0.39, 0.29) is 11.1 Å². The second-order valence-electron chi connectivity index (χ2n) is 4.92. The van der Waals surface area contributed by atoms with Crippen LogP contribution in [-0.2, 0) is 0 Å². The number of nitrogens with zero attached hydrogens (tertiary/aromatic N) is 4. The maximum Gasteiger partial charge on any atom is 0.204 e. The highest BCUT2D eigenvalue weighted by Crippen LogP contribution is 2.25. The Labute approximate surface area is 136 Å². The van der Waals surface area contributed by atoms with E-state index in [1.807, 2.05) is 6.07 Å². The summed E-state index contributed by atoms with van der Waals surface area (Å²) in [5.74, 6) is 1.23. The quantitative estimate of drug-likeness (QED) is 0.662. The Balaban J connectivity index is 1.91. The van der Waals surface area contributed by atoms with Crippen LogP contribution in [0.2, 0.25) is 0 Å². The minimum Gasteiger partial charge on any atom is -0.482 e. The Hall–Kier alpha value is -3.67. The topological polar surface area (TPSA) is 132 Å². The zero-order valence-electron chi connectivity index (χ0n) is 12.9. The average Bonchev–Trinajstić information content (AvgIpc) is 3.02. The third-order valence-corrected chi connectivity index (χ3v) is 3.21. The Kier molecular flexibility index (Phi) is 3.94. The van der Waals surface area contributed by atoms with E-state index in [1.54, 1.807) is 13.0 Å². The molecule has 0 atom stereocenters. The number of hydrogen-bond donors (Lipinski definition) is 3. The number of aromatic nitrogens is 5. The van der Waals surface area contributed by atoms with Gasteiger partial charge in [-0.15, -0.1) is 0 Å². The van der Waals surface area contributed by atoms with Crippen LogP contribution in [-0.4, -0.2) is 32.3 Å². The Morgan fingerprint density at radius 3 is 2.75 bits per heavy atom. The second-order valence-corrected chi connectivity index (χ2v) is 4.92. The standard InChI is InChI=1S/C15H13N7O2/c1-8-3-11(23)14(15(19-8)24-2)10-4-12(22-21-10)20-13-7-17-9(5-16)6-18-13/h3-4,6-7H,1-2H3,(H,19,23)(H2,18,20,21,22). The van der Waals surface area contributed by atoms with Gasteiger partial charge in [-0.2, -0.15) is 10.4 Å². The summed E-state index contributed by atoms with van der Waals surface area (Å²) in [6.45, 7) is 1.78. The lowest BCUT2D eigenvalue weighted by Gasteiger charge is -2.06. The molecule has 24 heavy (non-hydrogen) atoms. The fourth-order valence-corrected chi connectivity index (χ4v) is 2.16. The lowest BCUT2D eigenvalue weighted by Crippen LogP contribution is -2.09. The smallest absolute Gasteiger partial charge is 0.204 e. The normalized spacial score (nSPS) is 10.2. The number of H-pyrrole nitrogens is 2. The van der Waals surface area contributed by atoms with Gasteiger partial charge in [-0.1, -0.05) is 0 Å². The molecule has 0 aliphatic carbocycles. The van der Waals surface area contributed by atoms with Gasteiger partial charge in [-0.3, -0.25) is 9.89 Å². The van der Waals surface area contributed by atoms with Gasteiger partial charge in [0.1, 0.15) is 17.5 Å². The van der Waals surface area contributed by atoms with Crippen LogP contribution in [0.25, 0.3) is 11.3 Å². The van der Waals surface area contributed by atoms with Crippen LogP contribution in [0.15, 0.2) is 29.3 Å². The zero-order chi connectivity index (χ0) is 17.1. The van der Waals surface area contributed by atoms with Gasteiger partial charge >= 0.3 is 0 Å². The van der Waals surface area contributed by atoms with Crippen molar-refractivity contribution in [2.75, 3.05) is 12.4 Å². The molecule has 0 saturated heterocycles. The van der Waals surface area contributed by atoms with Crippen molar-refractivity contribution < 1.29 is 4.74 Å². The summed E-state index contributed by atoms with van der Waals surface area (Å²) in [4.78, 5) is 23.2. The SMILES string of the molecule is COc1[nH]c(C)cc(=O)c1-c1cc(Nc2cnc(C#N)cn2)n[nH]1. The van der Waals surface area contributed by atoms with Gasteiger partial charge in [0.25, 0.3) is 0 Å². The predicted octanol–water partition coefficient (Wildman–Crippen LogP) is 1.49. The molecular formula is C15H13N7O2. The first kappa shape index (κ1) is 15.2. The summed E-state index contributed by atoms with van der Waals surface area (Å²) >= 11 is 0. The molecule has 9 nitrogen and oxygen atoms in total. The number of hydrogen-bond acceptors (Lipinski definition) is 7. The van der Waals surface area contributed by atoms with E-state index >= 15 is 0 Å². The molecule has 0 fully saturated rings. The molecule has 120 valence electrons. The molecule has 3 aromatic rings. The summed E-state index contributed by atoms with van der Waals surface area (Å²) in [5, 5.41) is 18.5. The highest BCUT2D eigenvalue weighted by atomic mass is 16.5. The van der Waals surface area contributed by atoms with Crippen LogP contribution in [0.1, 0.15) is 11.4 Å². The molecule has 0 aliphatic heterocycles. The molecule has 3 heterocycles. The lowest BCUT2D eigenvalue weighted by molar-refractivity contribution is 0.398. The van der Waals surface area contributed by atoms with Crippen LogP contribution >= 0.6 is 0 Å². The predicted molar refractivity (Wildman–Crippen MR) is 86.0 cm³/mol. The molecule has 0 unspecified atom stereocenters. The number of rotatable bonds is 4. The van der Waals surface area contributed by atoms with Gasteiger partial charge in [0.05, 0.1) is 25.2 Å². The summed E-state index contributed by atoms with van der Waals surface area (Å²) < 4.78 is 5.24. The third-order valence-electron chi connectivity index (χ3n) is 3.21. The van der Waals surface area contributed by atoms with Gasteiger partial charge in [0.15, 0.2) is 16.9 Å². The van der Waals surface area contributed by atoms with E-state index in [9.17, 15) is 4.79 Å². The monoisotopic (exact) mass is 323 g/mol. The number of aromatic amines is 2. The first-order valence-electron chi connectivity index (χ1n) is 6.93. The number of nitriles is 1. The molecule has 3 N–H and O–H groups in total. The largest absolute Gasteiger partial charge is 0.482 e. The van der Waals surface area contributed by atoms with Gasteiger partial charge in [-0.05, 0) is 6.92 Å². The number of nitrogens with one attached hydrogen (secondary N) is 3. The molecule has 0 aliphatic rings. The number of ether oxygens (including phenoxy) is 1. The first-order chi connectivity index (χ1) is 11.6. The molecule has 0 saturated carbocycles. The van der Waals surface area contributed by atoms with Crippen molar-refractivity contribution in [2.45, 2.75) is 6.92 Å². The third kappa shape index (κ3) is 2.93. The van der Waals surface area contributed by atoms with Gasteiger partial charge in [0.2, 0.25) is 5.88 Å². The Morgan fingerprint density at radius 2 is 2.08 bits per heavy atom. The molecule has 3 rings (SSSR count). The lowest BCUT2D eigenvalue weighted by atomic mass is 10.1.